The van der Waals surface area contributed by atoms with E-state index in [1.165, 1.54) is 6.21 Å². The third kappa shape index (κ3) is 3.01. The first-order chi connectivity index (χ1) is 5.93. The molecule has 0 saturated heterocycles. The highest BCUT2D eigenvalue weighted by Crippen LogP contribution is 2.00. The highest BCUT2D eigenvalue weighted by atomic mass is 16.4. The van der Waals surface area contributed by atoms with Crippen molar-refractivity contribution in [1.29, 1.82) is 0 Å². The number of hydrogen-bond donors (Lipinski definition) is 1. The lowest BCUT2D eigenvalue weighted by Crippen LogP contribution is -1.70. The van der Waals surface area contributed by atoms with Crippen molar-refractivity contribution < 1.29 is 5.21 Å². The molecule has 2 nitrogen and oxygen atoms in total. The van der Waals surface area contributed by atoms with E-state index in [1.54, 1.807) is 0 Å². The van der Waals surface area contributed by atoms with Crippen LogP contribution in [0.1, 0.15) is 12.0 Å². The van der Waals surface area contributed by atoms with Gasteiger partial charge in [-0.3, -0.25) is 0 Å². The smallest absolute Gasteiger partial charge is 0.0473 e. The van der Waals surface area contributed by atoms with Gasteiger partial charge in [-0.15, -0.1) is 5.16 Å². The van der Waals surface area contributed by atoms with Crippen molar-refractivity contribution in [2.24, 2.45) is 5.16 Å². The summed E-state index contributed by atoms with van der Waals surface area (Å²) in [5, 5.41) is 11.0. The van der Waals surface area contributed by atoms with E-state index in [1.807, 2.05) is 42.5 Å². The van der Waals surface area contributed by atoms with Crippen molar-refractivity contribution in [1.82, 2.24) is 0 Å². The van der Waals surface area contributed by atoms with E-state index in [4.69, 9.17) is 5.21 Å². The number of oxime groups is 1. The number of rotatable bonds is 3. The molecule has 0 bridgehead atoms. The summed E-state index contributed by atoms with van der Waals surface area (Å²) in [4.78, 5) is 0. The van der Waals surface area contributed by atoms with Crippen molar-refractivity contribution in [3.05, 3.63) is 42.0 Å². The molecule has 12 heavy (non-hydrogen) atoms. The van der Waals surface area contributed by atoms with Crippen LogP contribution in [0.4, 0.5) is 0 Å². The molecule has 62 valence electrons. The van der Waals surface area contributed by atoms with Crippen molar-refractivity contribution in [2.45, 2.75) is 6.42 Å². The Morgan fingerprint density at radius 3 is 2.67 bits per heavy atom. The molecular formula is C10H11NO. The Morgan fingerprint density at radius 2 is 2.00 bits per heavy atom. The van der Waals surface area contributed by atoms with Crippen LogP contribution in [0.25, 0.3) is 6.08 Å². The SMILES string of the molecule is ON=CCC=Cc1ccccc1. The molecule has 0 radical (unpaired) electrons. The fraction of sp³-hybridized carbons (Fsp3) is 0.100. The molecular weight excluding hydrogens is 150 g/mol. The molecule has 0 unspecified atom stereocenters. The van der Waals surface area contributed by atoms with Gasteiger partial charge in [0.15, 0.2) is 0 Å². The predicted octanol–water partition coefficient (Wildman–Crippen LogP) is 2.55. The average Bonchev–Trinajstić information content (AvgIpc) is 2.14. The van der Waals surface area contributed by atoms with Gasteiger partial charge in [0.05, 0.1) is 0 Å². The van der Waals surface area contributed by atoms with Crippen LogP contribution in [-0.2, 0) is 0 Å². The molecule has 0 saturated carbocycles. The Morgan fingerprint density at radius 1 is 1.25 bits per heavy atom. The molecule has 1 N–H and O–H groups in total. The van der Waals surface area contributed by atoms with Crippen molar-refractivity contribution >= 4 is 12.3 Å². The van der Waals surface area contributed by atoms with E-state index in [-0.39, 0.29) is 0 Å². The summed E-state index contributed by atoms with van der Waals surface area (Å²) >= 11 is 0. The lowest BCUT2D eigenvalue weighted by atomic mass is 10.2. The first kappa shape index (κ1) is 8.53. The van der Waals surface area contributed by atoms with Crippen molar-refractivity contribution in [3.8, 4) is 0 Å². The van der Waals surface area contributed by atoms with Gasteiger partial charge in [0, 0.05) is 12.6 Å². The van der Waals surface area contributed by atoms with E-state index in [0.717, 1.165) is 5.56 Å². The monoisotopic (exact) mass is 161 g/mol. The molecule has 0 heterocycles. The molecule has 0 amide bonds. The Hall–Kier alpha value is -1.57. The van der Waals surface area contributed by atoms with Crippen LogP contribution < -0.4 is 0 Å². The molecule has 1 aromatic rings. The summed E-state index contributed by atoms with van der Waals surface area (Å²) in [5.41, 5.74) is 1.16. The van der Waals surface area contributed by atoms with Crippen LogP contribution in [0.15, 0.2) is 41.6 Å². The molecule has 0 atom stereocenters. The number of hydrogen-bond acceptors (Lipinski definition) is 2. The molecule has 1 rings (SSSR count). The Bertz CT molecular complexity index is 264. The maximum absolute atomic E-state index is 8.10. The third-order valence-electron chi connectivity index (χ3n) is 1.43. The Labute approximate surface area is 71.8 Å². The topological polar surface area (TPSA) is 32.6 Å². The minimum atomic E-state index is 0.658. The largest absolute Gasteiger partial charge is 0.411 e. The standard InChI is InChI=1S/C10H11NO/c12-11-9-5-4-8-10-6-2-1-3-7-10/h1-4,6-9,12H,5H2. The van der Waals surface area contributed by atoms with Gasteiger partial charge < -0.3 is 5.21 Å². The summed E-state index contributed by atoms with van der Waals surface area (Å²) < 4.78 is 0. The van der Waals surface area contributed by atoms with Gasteiger partial charge in [0.2, 0.25) is 0 Å². The number of nitrogens with zero attached hydrogens (tertiary/aromatic N) is 1. The van der Waals surface area contributed by atoms with E-state index in [0.29, 0.717) is 6.42 Å². The van der Waals surface area contributed by atoms with Gasteiger partial charge in [-0.25, -0.2) is 0 Å². The van der Waals surface area contributed by atoms with Gasteiger partial charge in [-0.1, -0.05) is 42.5 Å². The molecule has 1 aromatic carbocycles. The van der Waals surface area contributed by atoms with E-state index in [9.17, 15) is 0 Å². The highest BCUT2D eigenvalue weighted by Gasteiger charge is 1.80. The first-order valence-electron chi connectivity index (χ1n) is 3.81. The van der Waals surface area contributed by atoms with Gasteiger partial charge in [0.1, 0.15) is 0 Å². The molecule has 0 aromatic heterocycles. The zero-order valence-electron chi connectivity index (χ0n) is 6.72. The molecule has 0 aliphatic heterocycles. The Kier molecular flexibility index (Phi) is 3.64. The fourth-order valence-electron chi connectivity index (χ4n) is 0.876. The van der Waals surface area contributed by atoms with Gasteiger partial charge in [-0.05, 0) is 5.56 Å². The molecule has 0 aliphatic rings. The van der Waals surface area contributed by atoms with Gasteiger partial charge >= 0.3 is 0 Å². The fourth-order valence-corrected chi connectivity index (χ4v) is 0.876. The first-order valence-corrected chi connectivity index (χ1v) is 3.81. The van der Waals surface area contributed by atoms with Gasteiger partial charge in [-0.2, -0.15) is 0 Å². The van der Waals surface area contributed by atoms with Crippen LogP contribution in [0.2, 0.25) is 0 Å². The molecule has 0 spiro atoms. The van der Waals surface area contributed by atoms with Crippen LogP contribution in [0.3, 0.4) is 0 Å². The van der Waals surface area contributed by atoms with Crippen LogP contribution >= 0.6 is 0 Å². The average molecular weight is 161 g/mol. The second-order valence-corrected chi connectivity index (χ2v) is 2.35. The maximum atomic E-state index is 8.10. The molecule has 0 aliphatic carbocycles. The maximum Gasteiger partial charge on any atom is 0.0473 e. The van der Waals surface area contributed by atoms with Crippen LogP contribution in [-0.4, -0.2) is 11.4 Å². The van der Waals surface area contributed by atoms with E-state index >= 15 is 0 Å². The lowest BCUT2D eigenvalue weighted by Gasteiger charge is -1.88. The minimum Gasteiger partial charge on any atom is -0.411 e. The summed E-state index contributed by atoms with van der Waals surface area (Å²) in [6, 6.07) is 9.99. The molecule has 0 fully saturated rings. The zero-order chi connectivity index (χ0) is 8.65. The number of benzene rings is 1. The van der Waals surface area contributed by atoms with Crippen molar-refractivity contribution in [2.75, 3.05) is 0 Å². The minimum absolute atomic E-state index is 0.658. The molecule has 2 heteroatoms. The second-order valence-electron chi connectivity index (χ2n) is 2.35. The zero-order valence-corrected chi connectivity index (χ0v) is 6.72. The summed E-state index contributed by atoms with van der Waals surface area (Å²) in [6.07, 6.45) is 6.03. The van der Waals surface area contributed by atoms with Gasteiger partial charge in [0.25, 0.3) is 0 Å². The van der Waals surface area contributed by atoms with Crippen LogP contribution in [0, 0.1) is 0 Å². The number of allylic oxidation sites excluding steroid dienone is 1. The summed E-state index contributed by atoms with van der Waals surface area (Å²) in [5.74, 6) is 0. The summed E-state index contributed by atoms with van der Waals surface area (Å²) in [7, 11) is 0. The van der Waals surface area contributed by atoms with E-state index < -0.39 is 0 Å². The summed E-state index contributed by atoms with van der Waals surface area (Å²) in [6.45, 7) is 0. The van der Waals surface area contributed by atoms with Crippen molar-refractivity contribution in [3.63, 3.8) is 0 Å². The highest BCUT2D eigenvalue weighted by molar-refractivity contribution is 5.61. The second kappa shape index (κ2) is 5.13. The van der Waals surface area contributed by atoms with E-state index in [2.05, 4.69) is 5.16 Å². The normalized spacial score (nSPS) is 11.3. The third-order valence-corrected chi connectivity index (χ3v) is 1.43. The van der Waals surface area contributed by atoms with Crippen LogP contribution in [0.5, 0.6) is 0 Å². The quantitative estimate of drug-likeness (QED) is 0.412. The predicted molar refractivity (Wildman–Crippen MR) is 50.4 cm³/mol. The lowest BCUT2D eigenvalue weighted by molar-refractivity contribution is 0.321. The Balaban J connectivity index is 2.47.